The Balaban J connectivity index is 0.963. The molecule has 0 aromatic carbocycles. The van der Waals surface area contributed by atoms with E-state index in [0.717, 1.165) is 19.8 Å². The van der Waals surface area contributed by atoms with Crippen molar-refractivity contribution in [3.05, 3.63) is 50.0 Å². The average molecular weight is 1100 g/mol. The third-order valence-electron chi connectivity index (χ3n) is 11.5. The standard InChI is InChI=1S/C33H44N15O20P3S/c1-58-21-19(67-69(53,54)60-3)13(64-29(21)47-9-38-17-24(47)41-32(35)44-27(17)51)6-61-70(55,56)68-20-14(65-30(22(20)59-2)48-10-39-18-25(48)42-33(36)45-28(18)52)7-62-71(57,72)66-11-4-15(63-12(11)5-49)46-8-37-16-23(46)40-31(34)43-26(16)50/h8-15,19-22,29-30,49H,4-7H2,1-3H3,(H,53,54)(H,55,56)(H,57,72)(H3,34,40,43,50)(H3,35,41,44,51)(H3,36,42,45,52)/t11-,12-,13-,14-,15-,19+,20+,21?,22?,29-,30-,71?/m1/s1. The number of ether oxygens (including phenoxy) is 5. The minimum Gasteiger partial charge on any atom is -0.394 e. The van der Waals surface area contributed by atoms with Gasteiger partial charge in [0, 0.05) is 27.8 Å². The second-order valence-electron chi connectivity index (χ2n) is 15.9. The number of H-pyrrole nitrogens is 3. The van der Waals surface area contributed by atoms with Gasteiger partial charge in [-0.2, -0.15) is 15.0 Å². The van der Waals surface area contributed by atoms with Gasteiger partial charge in [-0.3, -0.25) is 61.1 Å². The van der Waals surface area contributed by atoms with Gasteiger partial charge in [0.2, 0.25) is 17.8 Å². The topological polar surface area (TPSA) is 485 Å². The number of aliphatic hydroxyl groups is 1. The summed E-state index contributed by atoms with van der Waals surface area (Å²) >= 11 is 5.37. The average Bonchev–Trinajstić information content (AvgIpc) is 4.18. The lowest BCUT2D eigenvalue weighted by Gasteiger charge is -2.27. The minimum absolute atomic E-state index is 0.0520. The first kappa shape index (κ1) is 51.8. The van der Waals surface area contributed by atoms with Crippen molar-refractivity contribution in [2.45, 2.75) is 73.9 Å². The Bertz CT molecular complexity index is 3330. The number of hydrogen-bond donors (Lipinski definition) is 10. The molecular formula is C33H44N15O20P3S. The summed E-state index contributed by atoms with van der Waals surface area (Å²) in [6, 6.07) is 0. The number of aromatic nitrogens is 12. The van der Waals surface area contributed by atoms with Gasteiger partial charge in [0.05, 0.1) is 44.9 Å². The van der Waals surface area contributed by atoms with Gasteiger partial charge in [0.25, 0.3) is 16.7 Å². The van der Waals surface area contributed by atoms with Crippen LogP contribution in [0.15, 0.2) is 33.4 Å². The molecule has 0 saturated carbocycles. The highest BCUT2D eigenvalue weighted by Gasteiger charge is 2.54. The number of aromatic amines is 3. The van der Waals surface area contributed by atoms with Crippen LogP contribution in [0, 0.1) is 0 Å². The normalized spacial score (nSPS) is 29.3. The van der Waals surface area contributed by atoms with E-state index in [2.05, 4.69) is 49.4 Å². The number of aliphatic hydroxyl groups excluding tert-OH is 1. The molecule has 3 saturated heterocycles. The summed E-state index contributed by atoms with van der Waals surface area (Å²) in [5.74, 6) is -0.792. The number of methoxy groups -OCH3 is 2. The van der Waals surface area contributed by atoms with Crippen molar-refractivity contribution in [2.75, 3.05) is 58.4 Å². The second-order valence-corrected chi connectivity index (χ2v) is 21.6. The van der Waals surface area contributed by atoms with Crippen LogP contribution in [0.25, 0.3) is 33.5 Å². The Morgan fingerprint density at radius 2 is 1.08 bits per heavy atom. The highest BCUT2D eigenvalue weighted by Crippen LogP contribution is 2.54. The van der Waals surface area contributed by atoms with Crippen molar-refractivity contribution < 1.29 is 79.7 Å². The maximum atomic E-state index is 14.1. The molecule has 13 N–H and O–H groups in total. The molecule has 392 valence electrons. The Hall–Kier alpha value is -5.04. The number of anilines is 3. The predicted molar refractivity (Wildman–Crippen MR) is 242 cm³/mol. The number of nitrogens with one attached hydrogen (secondary N) is 3. The molecule has 3 aliphatic heterocycles. The Morgan fingerprint density at radius 3 is 1.53 bits per heavy atom. The van der Waals surface area contributed by atoms with Gasteiger partial charge < -0.3 is 69.7 Å². The van der Waals surface area contributed by atoms with Crippen molar-refractivity contribution in [2.24, 2.45) is 0 Å². The highest BCUT2D eigenvalue weighted by atomic mass is 32.5. The number of phosphoric acid groups is 2. The van der Waals surface area contributed by atoms with E-state index in [4.69, 9.17) is 75.3 Å². The first-order valence-electron chi connectivity index (χ1n) is 20.8. The van der Waals surface area contributed by atoms with Crippen molar-refractivity contribution in [1.82, 2.24) is 58.6 Å². The molecule has 39 heteroatoms. The van der Waals surface area contributed by atoms with Crippen molar-refractivity contribution >= 4 is 85.5 Å². The van der Waals surface area contributed by atoms with E-state index in [1.165, 1.54) is 34.2 Å². The highest BCUT2D eigenvalue weighted by molar-refractivity contribution is 8.07. The van der Waals surface area contributed by atoms with Crippen LogP contribution in [0.5, 0.6) is 0 Å². The lowest BCUT2D eigenvalue weighted by molar-refractivity contribution is -0.0627. The molecule has 0 amide bonds. The van der Waals surface area contributed by atoms with Gasteiger partial charge in [0.1, 0.15) is 49.0 Å². The second kappa shape index (κ2) is 20.0. The van der Waals surface area contributed by atoms with Crippen LogP contribution < -0.4 is 33.9 Å². The van der Waals surface area contributed by atoms with Crippen LogP contribution in [0.3, 0.4) is 0 Å². The summed E-state index contributed by atoms with van der Waals surface area (Å²) in [4.78, 5) is 102. The molecular weight excluding hydrogens is 1050 g/mol. The van der Waals surface area contributed by atoms with Gasteiger partial charge in [-0.1, -0.05) is 0 Å². The number of nitrogens with two attached hydrogens (primary N) is 3. The van der Waals surface area contributed by atoms with E-state index in [1.807, 2.05) is 0 Å². The Kier molecular flexibility index (Phi) is 14.4. The summed E-state index contributed by atoms with van der Waals surface area (Å²) in [6.45, 7) is -6.73. The van der Waals surface area contributed by atoms with E-state index < -0.39 is 126 Å². The lowest BCUT2D eigenvalue weighted by Crippen LogP contribution is -2.38. The summed E-state index contributed by atoms with van der Waals surface area (Å²) in [6.07, 6.45) is -11.7. The third-order valence-corrected chi connectivity index (χ3v) is 15.0. The fourth-order valence-electron chi connectivity index (χ4n) is 8.36. The number of hydrogen-bond acceptors (Lipinski definition) is 27. The zero-order valence-electron chi connectivity index (χ0n) is 37.2. The summed E-state index contributed by atoms with van der Waals surface area (Å²) in [7, 11) is -7.01. The molecule has 5 unspecified atom stereocenters. The van der Waals surface area contributed by atoms with Crippen LogP contribution in [0.2, 0.25) is 0 Å². The number of phosphoric ester groups is 2. The van der Waals surface area contributed by atoms with E-state index >= 15 is 0 Å². The number of nitrogens with zero attached hydrogens (tertiary/aromatic N) is 9. The van der Waals surface area contributed by atoms with Gasteiger partial charge in [0.15, 0.2) is 45.9 Å². The maximum absolute atomic E-state index is 14.1. The van der Waals surface area contributed by atoms with Gasteiger partial charge >= 0.3 is 22.4 Å². The molecule has 9 rings (SSSR count). The molecule has 14 atom stereocenters. The number of rotatable bonds is 19. The van der Waals surface area contributed by atoms with Crippen molar-refractivity contribution in [3.63, 3.8) is 0 Å². The van der Waals surface area contributed by atoms with Crippen LogP contribution in [-0.4, -0.2) is 168 Å². The third kappa shape index (κ3) is 10.1. The quantitative estimate of drug-likeness (QED) is 0.0375. The fourth-order valence-corrected chi connectivity index (χ4v) is 11.4. The lowest BCUT2D eigenvalue weighted by atomic mass is 10.1. The zero-order chi connectivity index (χ0) is 51.6. The molecule has 3 aliphatic rings. The zero-order valence-corrected chi connectivity index (χ0v) is 40.7. The summed E-state index contributed by atoms with van der Waals surface area (Å²) in [5.41, 5.74) is 14.8. The minimum atomic E-state index is -5.41. The molecule has 0 bridgehead atoms. The molecule has 3 fully saturated rings. The number of fused-ring (bicyclic) bond motifs is 3. The SMILES string of the molecule is COC1[C@@H](OP(=O)(O)OC)[C@@H](COP(=O)(O)O[C@@H]2C(OC)[C@H](n3cnc4c(=O)[nH]c(N)nc43)O[C@@H]2COP(O)(=S)O[C@@H]2C[C@H](n3cnc4c(=O)[nH]c(N)nc43)O[C@@H]2CO)O[C@H]1n1cnc2c(=O)[nH]c(N)nc21. The van der Waals surface area contributed by atoms with Gasteiger partial charge in [-0.25, -0.2) is 24.1 Å². The Morgan fingerprint density at radius 1 is 0.653 bits per heavy atom. The largest absolute Gasteiger partial charge is 0.472 e. The molecule has 0 spiro atoms. The molecule has 72 heavy (non-hydrogen) atoms. The first-order chi connectivity index (χ1) is 34.1. The number of imidazole rings is 3. The van der Waals surface area contributed by atoms with Crippen LogP contribution in [0.4, 0.5) is 17.8 Å². The van der Waals surface area contributed by atoms with Crippen molar-refractivity contribution in [3.8, 4) is 0 Å². The predicted octanol–water partition coefficient (Wildman–Crippen LogP) is -2.51. The Labute approximate surface area is 405 Å². The molecule has 6 aromatic rings. The van der Waals surface area contributed by atoms with Crippen molar-refractivity contribution in [1.29, 1.82) is 0 Å². The first-order valence-corrected chi connectivity index (χ1v) is 26.4. The maximum Gasteiger partial charge on any atom is 0.472 e. The van der Waals surface area contributed by atoms with Crippen LogP contribution >= 0.6 is 22.4 Å². The van der Waals surface area contributed by atoms with E-state index in [1.54, 1.807) is 0 Å². The smallest absolute Gasteiger partial charge is 0.394 e. The fraction of sp³-hybridized carbons (Fsp3) is 0.545. The molecule has 35 nitrogen and oxygen atoms in total. The molecule has 9 heterocycles. The van der Waals surface area contributed by atoms with E-state index in [9.17, 15) is 43.3 Å². The molecule has 0 aliphatic carbocycles. The van der Waals surface area contributed by atoms with E-state index in [0.29, 0.717) is 0 Å². The monoisotopic (exact) mass is 1100 g/mol. The summed E-state index contributed by atoms with van der Waals surface area (Å²) in [5, 5.41) is 10.2. The molecule has 0 radical (unpaired) electrons. The van der Waals surface area contributed by atoms with Crippen LogP contribution in [-0.2, 0) is 71.8 Å². The number of nitrogen functional groups attached to an aromatic ring is 3. The van der Waals surface area contributed by atoms with Crippen LogP contribution in [0.1, 0.15) is 25.1 Å². The van der Waals surface area contributed by atoms with Gasteiger partial charge in [-0.05, 0) is 11.8 Å². The van der Waals surface area contributed by atoms with E-state index in [-0.39, 0.29) is 57.8 Å². The molecule has 6 aromatic heterocycles. The summed E-state index contributed by atoms with van der Waals surface area (Å²) < 4.78 is 93.1. The van der Waals surface area contributed by atoms with Gasteiger partial charge in [-0.15, -0.1) is 0 Å².